The molecule has 29 heavy (non-hydrogen) atoms. The third-order valence-electron chi connectivity index (χ3n) is 5.11. The lowest BCUT2D eigenvalue weighted by Gasteiger charge is -2.34. The summed E-state index contributed by atoms with van der Waals surface area (Å²) in [6.45, 7) is 3.63. The van der Waals surface area contributed by atoms with E-state index in [0.717, 1.165) is 24.8 Å². The van der Waals surface area contributed by atoms with Crippen molar-refractivity contribution in [2.24, 2.45) is 5.73 Å². The maximum absolute atomic E-state index is 12.8. The highest BCUT2D eigenvalue weighted by Crippen LogP contribution is 2.37. The molecule has 3 aromatic rings. The van der Waals surface area contributed by atoms with Gasteiger partial charge in [0.1, 0.15) is 0 Å². The number of aromatic nitrogens is 2. The number of anilines is 1. The van der Waals surface area contributed by atoms with Gasteiger partial charge in [-0.1, -0.05) is 23.4 Å². The first-order valence-corrected chi connectivity index (χ1v) is 10.6. The van der Waals surface area contributed by atoms with Crippen LogP contribution in [0, 0.1) is 13.8 Å². The van der Waals surface area contributed by atoms with Gasteiger partial charge < -0.3 is 10.3 Å². The van der Waals surface area contributed by atoms with Gasteiger partial charge >= 0.3 is 0 Å². The summed E-state index contributed by atoms with van der Waals surface area (Å²) in [5.74, 6) is 0.814. The summed E-state index contributed by atoms with van der Waals surface area (Å²) in [7, 11) is -3.71. The number of halogens is 1. The first kappa shape index (κ1) is 21.3. The normalized spacial score (nSPS) is 15.3. The summed E-state index contributed by atoms with van der Waals surface area (Å²) >= 11 is 0. The van der Waals surface area contributed by atoms with Crippen LogP contribution in [-0.4, -0.2) is 18.6 Å². The van der Waals surface area contributed by atoms with E-state index in [2.05, 4.69) is 14.9 Å². The zero-order chi connectivity index (χ0) is 19.9. The molecule has 1 aromatic heterocycles. The SMILES string of the molecule is Cc1ccc(C)c(S(=O)(=O)Nc2cccc(-c3nc(C4(N)CCC4)no3)c2)c1.Cl. The van der Waals surface area contributed by atoms with Gasteiger partial charge in [-0.25, -0.2) is 8.42 Å². The molecule has 9 heteroatoms. The number of rotatable bonds is 5. The van der Waals surface area contributed by atoms with Crippen LogP contribution in [0.1, 0.15) is 36.2 Å². The van der Waals surface area contributed by atoms with Crippen LogP contribution in [0.5, 0.6) is 0 Å². The van der Waals surface area contributed by atoms with Gasteiger partial charge in [-0.2, -0.15) is 4.98 Å². The van der Waals surface area contributed by atoms with Crippen LogP contribution in [0.15, 0.2) is 51.9 Å². The zero-order valence-electron chi connectivity index (χ0n) is 16.2. The van der Waals surface area contributed by atoms with Crippen molar-refractivity contribution in [2.45, 2.75) is 43.5 Å². The Kier molecular flexibility index (Phi) is 5.71. The van der Waals surface area contributed by atoms with E-state index < -0.39 is 15.6 Å². The fraction of sp³-hybridized carbons (Fsp3) is 0.300. The molecule has 1 saturated carbocycles. The maximum Gasteiger partial charge on any atom is 0.262 e. The van der Waals surface area contributed by atoms with Crippen molar-refractivity contribution in [1.82, 2.24) is 10.1 Å². The molecule has 0 unspecified atom stereocenters. The Morgan fingerprint density at radius 1 is 1.14 bits per heavy atom. The lowest BCUT2D eigenvalue weighted by Crippen LogP contribution is -2.44. The average molecular weight is 435 g/mol. The van der Waals surface area contributed by atoms with Gasteiger partial charge in [-0.15, -0.1) is 12.4 Å². The number of nitrogens with one attached hydrogen (secondary N) is 1. The van der Waals surface area contributed by atoms with Crippen LogP contribution in [0.2, 0.25) is 0 Å². The minimum atomic E-state index is -3.71. The Bertz CT molecular complexity index is 1140. The molecule has 1 heterocycles. The Morgan fingerprint density at radius 3 is 2.59 bits per heavy atom. The highest BCUT2D eigenvalue weighted by molar-refractivity contribution is 7.92. The molecule has 1 aliphatic carbocycles. The van der Waals surface area contributed by atoms with Crippen molar-refractivity contribution in [2.75, 3.05) is 4.72 Å². The van der Waals surface area contributed by atoms with Crippen molar-refractivity contribution in [3.05, 3.63) is 59.4 Å². The van der Waals surface area contributed by atoms with E-state index in [9.17, 15) is 8.42 Å². The molecule has 2 aromatic carbocycles. The average Bonchev–Trinajstić information content (AvgIpc) is 3.12. The predicted octanol–water partition coefficient (Wildman–Crippen LogP) is 3.91. The predicted molar refractivity (Wildman–Crippen MR) is 113 cm³/mol. The van der Waals surface area contributed by atoms with Crippen molar-refractivity contribution >= 4 is 28.1 Å². The molecular weight excluding hydrogens is 412 g/mol. The molecule has 0 bridgehead atoms. The summed E-state index contributed by atoms with van der Waals surface area (Å²) in [5, 5.41) is 4.01. The van der Waals surface area contributed by atoms with Gasteiger partial charge in [-0.3, -0.25) is 4.72 Å². The molecule has 0 aliphatic heterocycles. The van der Waals surface area contributed by atoms with E-state index in [1.807, 2.05) is 13.0 Å². The van der Waals surface area contributed by atoms with Crippen LogP contribution in [0.4, 0.5) is 5.69 Å². The first-order chi connectivity index (χ1) is 13.3. The summed E-state index contributed by atoms with van der Waals surface area (Å²) in [5.41, 5.74) is 8.34. The molecule has 3 N–H and O–H groups in total. The molecule has 0 radical (unpaired) electrons. The summed E-state index contributed by atoms with van der Waals surface area (Å²) in [6, 6.07) is 12.2. The number of hydrogen-bond donors (Lipinski definition) is 2. The molecule has 154 valence electrons. The zero-order valence-corrected chi connectivity index (χ0v) is 17.8. The van der Waals surface area contributed by atoms with E-state index in [4.69, 9.17) is 10.3 Å². The molecule has 1 fully saturated rings. The smallest absolute Gasteiger partial charge is 0.262 e. The fourth-order valence-corrected chi connectivity index (χ4v) is 4.63. The quantitative estimate of drug-likeness (QED) is 0.629. The molecule has 0 amide bonds. The third kappa shape index (κ3) is 4.14. The van der Waals surface area contributed by atoms with Crippen LogP contribution < -0.4 is 10.5 Å². The van der Waals surface area contributed by atoms with Crippen LogP contribution in [-0.2, 0) is 15.6 Å². The van der Waals surface area contributed by atoms with Gasteiger partial charge in [0, 0.05) is 11.3 Å². The summed E-state index contributed by atoms with van der Waals surface area (Å²) < 4.78 is 33.6. The van der Waals surface area contributed by atoms with E-state index in [1.165, 1.54) is 0 Å². The van der Waals surface area contributed by atoms with E-state index >= 15 is 0 Å². The van der Waals surface area contributed by atoms with Gasteiger partial charge in [0.15, 0.2) is 5.82 Å². The second kappa shape index (κ2) is 7.78. The molecule has 1 aliphatic rings. The van der Waals surface area contributed by atoms with Crippen molar-refractivity contribution in [3.63, 3.8) is 0 Å². The van der Waals surface area contributed by atoms with E-state index in [0.29, 0.717) is 28.5 Å². The molecule has 0 spiro atoms. The summed E-state index contributed by atoms with van der Waals surface area (Å²) in [6.07, 6.45) is 2.72. The van der Waals surface area contributed by atoms with Crippen molar-refractivity contribution in [3.8, 4) is 11.5 Å². The Balaban J connectivity index is 0.00000240. The highest BCUT2D eigenvalue weighted by atomic mass is 35.5. The Labute approximate surface area is 176 Å². The number of benzene rings is 2. The largest absolute Gasteiger partial charge is 0.334 e. The Morgan fingerprint density at radius 2 is 1.90 bits per heavy atom. The van der Waals surface area contributed by atoms with Crippen molar-refractivity contribution in [1.29, 1.82) is 0 Å². The molecule has 0 atom stereocenters. The van der Waals surface area contributed by atoms with Crippen molar-refractivity contribution < 1.29 is 12.9 Å². The maximum atomic E-state index is 12.8. The van der Waals surface area contributed by atoms with Gasteiger partial charge in [-0.05, 0) is 68.5 Å². The third-order valence-corrected chi connectivity index (χ3v) is 6.64. The monoisotopic (exact) mass is 434 g/mol. The number of nitrogens with zero attached hydrogens (tertiary/aromatic N) is 2. The molecule has 0 saturated heterocycles. The topological polar surface area (TPSA) is 111 Å². The van der Waals surface area contributed by atoms with Crippen LogP contribution in [0.3, 0.4) is 0 Å². The molecular formula is C20H23ClN4O3S. The summed E-state index contributed by atoms with van der Waals surface area (Å²) in [4.78, 5) is 4.67. The second-order valence-corrected chi connectivity index (χ2v) is 9.04. The molecule has 7 nitrogen and oxygen atoms in total. The number of nitrogens with two attached hydrogens (primary N) is 1. The van der Waals surface area contributed by atoms with Gasteiger partial charge in [0.2, 0.25) is 0 Å². The molecule has 4 rings (SSSR count). The minimum absolute atomic E-state index is 0. The van der Waals surface area contributed by atoms with E-state index in [1.54, 1.807) is 43.3 Å². The van der Waals surface area contributed by atoms with E-state index in [-0.39, 0.29) is 17.3 Å². The lowest BCUT2D eigenvalue weighted by atomic mass is 9.77. The number of hydrogen-bond acceptors (Lipinski definition) is 6. The lowest BCUT2D eigenvalue weighted by molar-refractivity contribution is 0.229. The van der Waals surface area contributed by atoms with Gasteiger partial charge in [0.25, 0.3) is 15.9 Å². The standard InChI is InChI=1S/C20H22N4O3S.ClH/c1-13-7-8-14(2)17(11-13)28(25,26)24-16-6-3-5-15(12-16)18-22-19(23-27-18)20(21)9-4-10-20;/h3,5-8,11-12,24H,4,9-10,21H2,1-2H3;1H. The van der Waals surface area contributed by atoms with Crippen LogP contribution >= 0.6 is 12.4 Å². The number of sulfonamides is 1. The Hall–Kier alpha value is -2.42. The van der Waals surface area contributed by atoms with Crippen LogP contribution in [0.25, 0.3) is 11.5 Å². The first-order valence-electron chi connectivity index (χ1n) is 9.10. The van der Waals surface area contributed by atoms with Gasteiger partial charge in [0.05, 0.1) is 10.4 Å². The minimum Gasteiger partial charge on any atom is -0.334 e. The fourth-order valence-electron chi connectivity index (χ4n) is 3.25. The number of aryl methyl sites for hydroxylation is 2. The highest BCUT2D eigenvalue weighted by Gasteiger charge is 2.39. The second-order valence-electron chi connectivity index (χ2n) is 7.39.